The van der Waals surface area contributed by atoms with Gasteiger partial charge >= 0.3 is 17.9 Å². The summed E-state index contributed by atoms with van der Waals surface area (Å²) in [5.74, 6) is -2.20. The van der Waals surface area contributed by atoms with E-state index in [1.165, 1.54) is 19.9 Å². The molecule has 3 aliphatic rings. The number of esters is 3. The third-order valence-electron chi connectivity index (χ3n) is 9.73. The summed E-state index contributed by atoms with van der Waals surface area (Å²) in [5.41, 5.74) is -4.70. The van der Waals surface area contributed by atoms with Crippen LogP contribution >= 0.6 is 0 Å². The third-order valence-corrected chi connectivity index (χ3v) is 9.73. The number of aliphatic hydroxyl groups excluding tert-OH is 1. The van der Waals surface area contributed by atoms with Crippen LogP contribution in [0.5, 0.6) is 0 Å². The Bertz CT molecular complexity index is 1120. The number of cyclic esters (lactones) is 1. The van der Waals surface area contributed by atoms with Gasteiger partial charge in [0.05, 0.1) is 22.9 Å². The number of carbonyl (C=O) groups is 3. The third kappa shape index (κ3) is 4.44. The minimum Gasteiger partial charge on any atom is -0.462 e. The van der Waals surface area contributed by atoms with E-state index in [0.717, 1.165) is 0 Å². The Hall–Kier alpha value is -2.75. The van der Waals surface area contributed by atoms with Crippen molar-refractivity contribution in [1.82, 2.24) is 0 Å². The van der Waals surface area contributed by atoms with Crippen molar-refractivity contribution in [2.45, 2.75) is 89.8 Å². The van der Waals surface area contributed by atoms with Crippen molar-refractivity contribution in [3.63, 3.8) is 0 Å². The van der Waals surface area contributed by atoms with E-state index in [9.17, 15) is 29.7 Å². The SMILES string of the molecule is CC(=O)O[C@@H](CC1=CC(=O)OC1)[C@]1(C)[C@H]2CC[C@@H](O)[C@](C)(O)[C@]2(C)[C@@H](OC(=O)c2ccccc2)C[C@]1(C)O. The quantitative estimate of drug-likeness (QED) is 0.374. The summed E-state index contributed by atoms with van der Waals surface area (Å²) < 4.78 is 16.9. The van der Waals surface area contributed by atoms with Crippen molar-refractivity contribution in [2.75, 3.05) is 6.61 Å². The summed E-state index contributed by atoms with van der Waals surface area (Å²) in [5, 5.41) is 34.9. The van der Waals surface area contributed by atoms with Gasteiger partial charge in [-0.15, -0.1) is 0 Å². The lowest BCUT2D eigenvalue weighted by Gasteiger charge is -2.68. The number of benzene rings is 1. The smallest absolute Gasteiger partial charge is 0.338 e. The molecule has 0 unspecified atom stereocenters. The van der Waals surface area contributed by atoms with Crippen molar-refractivity contribution < 1.29 is 43.9 Å². The first kappa shape index (κ1) is 28.3. The van der Waals surface area contributed by atoms with Gasteiger partial charge in [0.25, 0.3) is 0 Å². The predicted octanol–water partition coefficient (Wildman–Crippen LogP) is 2.71. The Morgan fingerprint density at radius 2 is 1.76 bits per heavy atom. The zero-order chi connectivity index (χ0) is 28.1. The van der Waals surface area contributed by atoms with Crippen LogP contribution in [0.1, 0.15) is 70.7 Å². The van der Waals surface area contributed by atoms with Gasteiger partial charge in [0.15, 0.2) is 0 Å². The number of hydrogen-bond acceptors (Lipinski definition) is 9. The fourth-order valence-corrected chi connectivity index (χ4v) is 7.11. The molecule has 2 fully saturated rings. The molecule has 8 atom stereocenters. The van der Waals surface area contributed by atoms with Crippen LogP contribution in [0.15, 0.2) is 42.0 Å². The minimum atomic E-state index is -1.71. The number of hydrogen-bond donors (Lipinski definition) is 3. The lowest BCUT2D eigenvalue weighted by Crippen LogP contribution is -2.76. The molecule has 1 heterocycles. The van der Waals surface area contributed by atoms with Gasteiger partial charge in [0, 0.05) is 36.7 Å². The highest BCUT2D eigenvalue weighted by Crippen LogP contribution is 2.66. The van der Waals surface area contributed by atoms with Crippen LogP contribution in [0.4, 0.5) is 0 Å². The Kier molecular flexibility index (Phi) is 7.27. The van der Waals surface area contributed by atoms with E-state index >= 15 is 0 Å². The lowest BCUT2D eigenvalue weighted by atomic mass is 9.40. The van der Waals surface area contributed by atoms with Crippen LogP contribution in [-0.4, -0.2) is 69.3 Å². The molecule has 38 heavy (non-hydrogen) atoms. The first-order valence-corrected chi connectivity index (χ1v) is 13.1. The van der Waals surface area contributed by atoms with Crippen LogP contribution in [0.3, 0.4) is 0 Å². The molecule has 4 rings (SSSR count). The van der Waals surface area contributed by atoms with E-state index in [2.05, 4.69) is 0 Å². The molecule has 208 valence electrons. The maximum absolute atomic E-state index is 13.2. The molecule has 2 saturated carbocycles. The molecule has 2 aliphatic carbocycles. The fourth-order valence-electron chi connectivity index (χ4n) is 7.11. The molecule has 0 spiro atoms. The van der Waals surface area contributed by atoms with Gasteiger partial charge in [-0.2, -0.15) is 0 Å². The molecule has 0 radical (unpaired) electrons. The highest BCUT2D eigenvalue weighted by molar-refractivity contribution is 5.89. The van der Waals surface area contributed by atoms with Crippen LogP contribution in [0.2, 0.25) is 0 Å². The molecule has 9 heteroatoms. The van der Waals surface area contributed by atoms with E-state index < -0.39 is 64.2 Å². The molecular formula is C29H38O9. The first-order valence-electron chi connectivity index (χ1n) is 13.1. The number of carbonyl (C=O) groups excluding carboxylic acids is 3. The Morgan fingerprint density at radius 1 is 1.11 bits per heavy atom. The highest BCUT2D eigenvalue weighted by atomic mass is 16.6. The average molecular weight is 531 g/mol. The molecule has 0 amide bonds. The zero-order valence-corrected chi connectivity index (χ0v) is 22.6. The molecule has 0 bridgehead atoms. The monoisotopic (exact) mass is 530 g/mol. The number of aliphatic hydroxyl groups is 3. The standard InChI is InChI=1S/C29H38O9/c1-17(30)37-22(13-18-14-24(32)36-16-18)27(3)20-11-12-21(31)29(5,35)28(20,4)23(15-26(27,2)34)38-25(33)19-9-7-6-8-10-19/h6-10,14,20-23,31,34-35H,11-13,15-16H2,1-5H3/t20-,21-,22+,23+,26+,27+,28+,29+/m1/s1. The van der Waals surface area contributed by atoms with Crippen molar-refractivity contribution in [2.24, 2.45) is 16.7 Å². The van der Waals surface area contributed by atoms with Crippen LogP contribution in [0, 0.1) is 16.7 Å². The number of fused-ring (bicyclic) bond motifs is 1. The van der Waals surface area contributed by atoms with Gasteiger partial charge < -0.3 is 29.5 Å². The van der Waals surface area contributed by atoms with E-state index in [-0.39, 0.29) is 25.9 Å². The van der Waals surface area contributed by atoms with E-state index in [1.807, 2.05) is 6.92 Å². The van der Waals surface area contributed by atoms with Gasteiger partial charge in [0.2, 0.25) is 0 Å². The summed E-state index contributed by atoms with van der Waals surface area (Å²) in [6.45, 7) is 8.07. The zero-order valence-electron chi connectivity index (χ0n) is 22.6. The summed E-state index contributed by atoms with van der Waals surface area (Å²) in [7, 11) is 0. The largest absolute Gasteiger partial charge is 0.462 e. The summed E-state index contributed by atoms with van der Waals surface area (Å²) >= 11 is 0. The van der Waals surface area contributed by atoms with E-state index in [0.29, 0.717) is 17.6 Å². The van der Waals surface area contributed by atoms with Crippen LogP contribution < -0.4 is 0 Å². The Morgan fingerprint density at radius 3 is 2.34 bits per heavy atom. The van der Waals surface area contributed by atoms with Gasteiger partial charge in [-0.25, -0.2) is 9.59 Å². The summed E-state index contributed by atoms with van der Waals surface area (Å²) in [6, 6.07) is 8.45. The number of ether oxygens (including phenoxy) is 3. The molecule has 9 nitrogen and oxygen atoms in total. The number of rotatable bonds is 6. The van der Waals surface area contributed by atoms with Crippen LogP contribution in [0.25, 0.3) is 0 Å². The second-order valence-corrected chi connectivity index (χ2v) is 11.8. The highest BCUT2D eigenvalue weighted by Gasteiger charge is 2.73. The predicted molar refractivity (Wildman–Crippen MR) is 136 cm³/mol. The van der Waals surface area contributed by atoms with Gasteiger partial charge in [-0.3, -0.25) is 4.79 Å². The van der Waals surface area contributed by atoms with Crippen molar-refractivity contribution in [1.29, 1.82) is 0 Å². The molecular weight excluding hydrogens is 492 g/mol. The molecule has 1 aromatic rings. The molecule has 1 aliphatic heterocycles. The van der Waals surface area contributed by atoms with Crippen molar-refractivity contribution in [3.8, 4) is 0 Å². The first-order chi connectivity index (χ1) is 17.6. The van der Waals surface area contributed by atoms with Crippen molar-refractivity contribution >= 4 is 17.9 Å². The van der Waals surface area contributed by atoms with Crippen LogP contribution in [-0.2, 0) is 23.8 Å². The fraction of sp³-hybridized carbons (Fsp3) is 0.621. The van der Waals surface area contributed by atoms with Gasteiger partial charge in [-0.05, 0) is 50.3 Å². The van der Waals surface area contributed by atoms with E-state index in [4.69, 9.17) is 14.2 Å². The Balaban J connectivity index is 1.81. The molecule has 3 N–H and O–H groups in total. The van der Waals surface area contributed by atoms with E-state index in [1.54, 1.807) is 44.2 Å². The average Bonchev–Trinajstić information content (AvgIpc) is 3.25. The molecule has 1 aromatic carbocycles. The van der Waals surface area contributed by atoms with Gasteiger partial charge in [0.1, 0.15) is 18.8 Å². The maximum Gasteiger partial charge on any atom is 0.338 e. The normalized spacial score (nSPS) is 39.4. The van der Waals surface area contributed by atoms with Crippen molar-refractivity contribution in [3.05, 3.63) is 47.5 Å². The molecule has 0 aromatic heterocycles. The lowest BCUT2D eigenvalue weighted by molar-refractivity contribution is -0.314. The topological polar surface area (TPSA) is 140 Å². The second-order valence-electron chi connectivity index (χ2n) is 11.8. The second kappa shape index (κ2) is 9.77. The summed E-state index contributed by atoms with van der Waals surface area (Å²) in [6.07, 6.45) is -0.944. The maximum atomic E-state index is 13.2. The minimum absolute atomic E-state index is 0.0600. The van der Waals surface area contributed by atoms with Gasteiger partial charge in [-0.1, -0.05) is 32.0 Å². The molecule has 0 saturated heterocycles. The Labute approximate surface area is 222 Å². The summed E-state index contributed by atoms with van der Waals surface area (Å²) in [4.78, 5) is 37.2.